The normalized spacial score (nSPS) is 22.4. The molecule has 0 aliphatic carbocycles. The molecule has 1 aliphatic rings. The van der Waals surface area contributed by atoms with Crippen molar-refractivity contribution in [1.82, 2.24) is 0 Å². The fraction of sp³-hybridized carbons (Fsp3) is 0.889. The van der Waals surface area contributed by atoms with Gasteiger partial charge in [-0.15, -0.1) is 0 Å². The summed E-state index contributed by atoms with van der Waals surface area (Å²) in [6.07, 6.45) is 4.02. The van der Waals surface area contributed by atoms with E-state index in [9.17, 15) is 0 Å². The topological polar surface area (TPSA) is 42.2 Å². The lowest BCUT2D eigenvalue weighted by Crippen LogP contribution is -2.14. The number of nitrogens with zero attached hydrogens (tertiary/aromatic N) is 1. The molecule has 1 saturated heterocycles. The summed E-state index contributed by atoms with van der Waals surface area (Å²) in [5.41, 5.74) is 0. The molecule has 1 atom stereocenters. The van der Waals surface area contributed by atoms with Crippen LogP contribution >= 0.6 is 0 Å². The van der Waals surface area contributed by atoms with Crippen LogP contribution in [0.2, 0.25) is 0 Å². The van der Waals surface area contributed by atoms with Crippen molar-refractivity contribution in [2.45, 2.75) is 31.8 Å². The summed E-state index contributed by atoms with van der Waals surface area (Å²) >= 11 is 0. The van der Waals surface area contributed by atoms with Gasteiger partial charge in [-0.2, -0.15) is 5.26 Å². The quantitative estimate of drug-likeness (QED) is 0.585. The molecular weight excluding hydrogens is 154 g/mol. The second kappa shape index (κ2) is 5.99. The van der Waals surface area contributed by atoms with Crippen LogP contribution in [0.1, 0.15) is 25.7 Å². The van der Waals surface area contributed by atoms with E-state index in [1.807, 2.05) is 0 Å². The zero-order valence-corrected chi connectivity index (χ0v) is 7.29. The highest BCUT2D eigenvalue weighted by molar-refractivity contribution is 4.68. The van der Waals surface area contributed by atoms with E-state index in [4.69, 9.17) is 14.7 Å². The van der Waals surface area contributed by atoms with Crippen molar-refractivity contribution in [2.75, 3.05) is 19.8 Å². The Morgan fingerprint density at radius 2 is 2.50 bits per heavy atom. The number of hydrogen-bond donors (Lipinski definition) is 0. The second-order valence-corrected chi connectivity index (χ2v) is 2.97. The van der Waals surface area contributed by atoms with E-state index in [0.717, 1.165) is 25.9 Å². The van der Waals surface area contributed by atoms with Crippen molar-refractivity contribution >= 4 is 0 Å². The molecule has 0 radical (unpaired) electrons. The Morgan fingerprint density at radius 1 is 1.58 bits per heavy atom. The Balaban J connectivity index is 1.85. The maximum Gasteiger partial charge on any atom is 0.0809 e. The molecule has 0 N–H and O–H groups in total. The Morgan fingerprint density at radius 3 is 3.17 bits per heavy atom. The number of ether oxygens (including phenoxy) is 2. The molecule has 1 heterocycles. The van der Waals surface area contributed by atoms with Crippen LogP contribution in [0.4, 0.5) is 0 Å². The molecule has 1 unspecified atom stereocenters. The van der Waals surface area contributed by atoms with Gasteiger partial charge in [-0.1, -0.05) is 0 Å². The Bertz CT molecular complexity index is 147. The van der Waals surface area contributed by atoms with Gasteiger partial charge in [0.05, 0.1) is 18.8 Å². The summed E-state index contributed by atoms with van der Waals surface area (Å²) in [5.74, 6) is 0. The molecule has 0 aromatic carbocycles. The van der Waals surface area contributed by atoms with E-state index in [1.165, 1.54) is 0 Å². The van der Waals surface area contributed by atoms with E-state index in [2.05, 4.69) is 6.07 Å². The summed E-state index contributed by atoms with van der Waals surface area (Å²) in [7, 11) is 0. The van der Waals surface area contributed by atoms with E-state index in [0.29, 0.717) is 25.7 Å². The predicted octanol–water partition coefficient (Wildman–Crippen LogP) is 1.49. The van der Waals surface area contributed by atoms with Crippen LogP contribution in [-0.4, -0.2) is 25.9 Å². The molecule has 0 aromatic heterocycles. The lowest BCUT2D eigenvalue weighted by atomic mass is 10.2. The minimum Gasteiger partial charge on any atom is -0.379 e. The highest BCUT2D eigenvalue weighted by Gasteiger charge is 2.14. The molecule has 0 aromatic rings. The number of hydrogen-bond acceptors (Lipinski definition) is 3. The van der Waals surface area contributed by atoms with Crippen molar-refractivity contribution in [3.05, 3.63) is 0 Å². The first kappa shape index (κ1) is 9.50. The zero-order chi connectivity index (χ0) is 8.65. The van der Waals surface area contributed by atoms with Crippen LogP contribution in [0, 0.1) is 11.3 Å². The van der Waals surface area contributed by atoms with Crippen molar-refractivity contribution in [3.8, 4) is 6.07 Å². The standard InChI is InChI=1S/C9H15NO2/c10-5-1-2-6-11-8-9-4-3-7-12-9/h9H,1-4,6-8H2. The highest BCUT2D eigenvalue weighted by Crippen LogP contribution is 2.11. The van der Waals surface area contributed by atoms with Crippen LogP contribution in [0.3, 0.4) is 0 Å². The fourth-order valence-corrected chi connectivity index (χ4v) is 1.24. The van der Waals surface area contributed by atoms with Crippen molar-refractivity contribution in [1.29, 1.82) is 5.26 Å². The average molecular weight is 169 g/mol. The van der Waals surface area contributed by atoms with Crippen LogP contribution in [0.25, 0.3) is 0 Å². The van der Waals surface area contributed by atoms with Gasteiger partial charge in [0.2, 0.25) is 0 Å². The molecule has 3 nitrogen and oxygen atoms in total. The maximum atomic E-state index is 8.25. The number of unbranched alkanes of at least 4 members (excludes halogenated alkanes) is 1. The van der Waals surface area contributed by atoms with Gasteiger partial charge in [0.1, 0.15) is 0 Å². The van der Waals surface area contributed by atoms with Gasteiger partial charge in [0, 0.05) is 19.6 Å². The average Bonchev–Trinajstić information content (AvgIpc) is 2.57. The predicted molar refractivity (Wildman–Crippen MR) is 44.6 cm³/mol. The fourth-order valence-electron chi connectivity index (χ4n) is 1.24. The third-order valence-corrected chi connectivity index (χ3v) is 1.90. The molecule has 0 saturated carbocycles. The van der Waals surface area contributed by atoms with E-state index >= 15 is 0 Å². The Kier molecular flexibility index (Phi) is 4.74. The SMILES string of the molecule is N#CCCCOCC1CCCO1. The van der Waals surface area contributed by atoms with Gasteiger partial charge < -0.3 is 9.47 Å². The largest absolute Gasteiger partial charge is 0.379 e. The summed E-state index contributed by atoms with van der Waals surface area (Å²) in [4.78, 5) is 0. The van der Waals surface area contributed by atoms with Crippen molar-refractivity contribution < 1.29 is 9.47 Å². The third-order valence-electron chi connectivity index (χ3n) is 1.90. The number of rotatable bonds is 5. The smallest absolute Gasteiger partial charge is 0.0809 e. The molecule has 0 spiro atoms. The summed E-state index contributed by atoms with van der Waals surface area (Å²) < 4.78 is 10.7. The molecule has 12 heavy (non-hydrogen) atoms. The van der Waals surface area contributed by atoms with Crippen LogP contribution in [0.15, 0.2) is 0 Å². The van der Waals surface area contributed by atoms with Gasteiger partial charge in [0.25, 0.3) is 0 Å². The summed E-state index contributed by atoms with van der Waals surface area (Å²) in [5, 5.41) is 8.25. The Hall–Kier alpha value is -0.590. The first-order chi connectivity index (χ1) is 5.93. The van der Waals surface area contributed by atoms with E-state index < -0.39 is 0 Å². The monoisotopic (exact) mass is 169 g/mol. The van der Waals surface area contributed by atoms with Gasteiger partial charge in [0.15, 0.2) is 0 Å². The van der Waals surface area contributed by atoms with Crippen LogP contribution in [0.5, 0.6) is 0 Å². The first-order valence-electron chi connectivity index (χ1n) is 4.50. The van der Waals surface area contributed by atoms with E-state index in [-0.39, 0.29) is 0 Å². The minimum absolute atomic E-state index is 0.312. The van der Waals surface area contributed by atoms with E-state index in [1.54, 1.807) is 0 Å². The number of nitriles is 1. The minimum atomic E-state index is 0.312. The summed E-state index contributed by atoms with van der Waals surface area (Å²) in [6.45, 7) is 2.27. The summed E-state index contributed by atoms with van der Waals surface area (Å²) in [6, 6.07) is 2.08. The Labute approximate surface area is 73.3 Å². The van der Waals surface area contributed by atoms with Crippen LogP contribution in [-0.2, 0) is 9.47 Å². The van der Waals surface area contributed by atoms with Gasteiger partial charge >= 0.3 is 0 Å². The molecule has 1 rings (SSSR count). The molecular formula is C9H15NO2. The van der Waals surface area contributed by atoms with Crippen molar-refractivity contribution in [3.63, 3.8) is 0 Å². The molecule has 3 heteroatoms. The lowest BCUT2D eigenvalue weighted by molar-refractivity contribution is 0.0168. The maximum absolute atomic E-state index is 8.25. The van der Waals surface area contributed by atoms with Gasteiger partial charge in [-0.05, 0) is 19.3 Å². The first-order valence-corrected chi connectivity index (χ1v) is 4.50. The van der Waals surface area contributed by atoms with Crippen molar-refractivity contribution in [2.24, 2.45) is 0 Å². The zero-order valence-electron chi connectivity index (χ0n) is 7.29. The van der Waals surface area contributed by atoms with Crippen LogP contribution < -0.4 is 0 Å². The molecule has 68 valence electrons. The van der Waals surface area contributed by atoms with Gasteiger partial charge in [-0.25, -0.2) is 0 Å². The second-order valence-electron chi connectivity index (χ2n) is 2.97. The van der Waals surface area contributed by atoms with Gasteiger partial charge in [-0.3, -0.25) is 0 Å². The highest BCUT2D eigenvalue weighted by atomic mass is 16.5. The molecule has 1 fully saturated rings. The molecule has 0 bridgehead atoms. The third kappa shape index (κ3) is 3.70. The molecule has 1 aliphatic heterocycles. The lowest BCUT2D eigenvalue weighted by Gasteiger charge is -2.08. The molecule has 0 amide bonds.